The van der Waals surface area contributed by atoms with Crippen molar-refractivity contribution >= 4 is 17.0 Å². The van der Waals surface area contributed by atoms with Crippen LogP contribution in [0.3, 0.4) is 0 Å². The first-order chi connectivity index (χ1) is 17.0. The number of nitrogens with zero attached hydrogens (tertiary/aromatic N) is 3. The van der Waals surface area contributed by atoms with Crippen molar-refractivity contribution in [2.24, 2.45) is 0 Å². The summed E-state index contributed by atoms with van der Waals surface area (Å²) in [7, 11) is 0. The van der Waals surface area contributed by atoms with Gasteiger partial charge in [-0.1, -0.05) is 72.8 Å². The summed E-state index contributed by atoms with van der Waals surface area (Å²) in [5.41, 5.74) is 5.58. The summed E-state index contributed by atoms with van der Waals surface area (Å²) in [6.45, 7) is 2.35. The van der Waals surface area contributed by atoms with Gasteiger partial charge < -0.3 is 9.67 Å². The number of carboxylic acids is 1. The first kappa shape index (κ1) is 22.3. The lowest BCUT2D eigenvalue weighted by molar-refractivity contribution is 0.0697. The van der Waals surface area contributed by atoms with Gasteiger partial charge in [-0.05, 0) is 48.1 Å². The minimum atomic E-state index is -0.957. The monoisotopic (exact) mass is 464 g/mol. The maximum atomic E-state index is 12.7. The Labute approximate surface area is 201 Å². The molecular formula is C28H24N4O3. The summed E-state index contributed by atoms with van der Waals surface area (Å²) >= 11 is 0. The van der Waals surface area contributed by atoms with E-state index in [2.05, 4.69) is 22.3 Å². The number of aromatic nitrogens is 4. The fourth-order valence-corrected chi connectivity index (χ4v) is 4.39. The number of imidazole rings is 1. The fraction of sp³-hybridized carbons (Fsp3) is 0.143. The van der Waals surface area contributed by atoms with Gasteiger partial charge in [0.25, 0.3) is 5.56 Å². The highest BCUT2D eigenvalue weighted by Crippen LogP contribution is 2.25. The molecule has 0 radical (unpaired) electrons. The Morgan fingerprint density at radius 3 is 2.37 bits per heavy atom. The summed E-state index contributed by atoms with van der Waals surface area (Å²) in [4.78, 5) is 29.0. The molecule has 5 rings (SSSR count). The Morgan fingerprint density at radius 1 is 0.914 bits per heavy atom. The van der Waals surface area contributed by atoms with Gasteiger partial charge in [0, 0.05) is 6.54 Å². The molecule has 3 aromatic carbocycles. The SMILES string of the molecule is Cc1nc2c(CCc3ccccc3)n[nH]c(=O)c2n1Cc1ccc(-c2ccccc2C(=O)O)cc1. The first-order valence-electron chi connectivity index (χ1n) is 11.4. The van der Waals surface area contributed by atoms with E-state index in [9.17, 15) is 14.7 Å². The summed E-state index contributed by atoms with van der Waals surface area (Å²) in [6.07, 6.45) is 1.48. The predicted molar refractivity (Wildman–Crippen MR) is 135 cm³/mol. The minimum Gasteiger partial charge on any atom is -0.478 e. The summed E-state index contributed by atoms with van der Waals surface area (Å²) in [6, 6.07) is 24.8. The topological polar surface area (TPSA) is 101 Å². The van der Waals surface area contributed by atoms with Crippen molar-refractivity contribution in [3.8, 4) is 11.1 Å². The number of hydrogen-bond acceptors (Lipinski definition) is 4. The highest BCUT2D eigenvalue weighted by atomic mass is 16.4. The zero-order valence-corrected chi connectivity index (χ0v) is 19.2. The molecule has 2 aromatic heterocycles. The minimum absolute atomic E-state index is 0.263. The lowest BCUT2D eigenvalue weighted by Gasteiger charge is -2.10. The maximum absolute atomic E-state index is 12.7. The molecule has 174 valence electrons. The Morgan fingerprint density at radius 2 is 1.63 bits per heavy atom. The molecule has 2 heterocycles. The lowest BCUT2D eigenvalue weighted by atomic mass is 9.99. The molecule has 0 aliphatic carbocycles. The number of nitrogens with one attached hydrogen (secondary N) is 1. The van der Waals surface area contributed by atoms with E-state index >= 15 is 0 Å². The molecule has 7 heteroatoms. The van der Waals surface area contributed by atoms with Crippen molar-refractivity contribution in [3.63, 3.8) is 0 Å². The predicted octanol–water partition coefficient (Wildman–Crippen LogP) is 4.63. The van der Waals surface area contributed by atoms with E-state index in [0.29, 0.717) is 29.6 Å². The molecule has 0 saturated carbocycles. The molecular weight excluding hydrogens is 440 g/mol. The van der Waals surface area contributed by atoms with Gasteiger partial charge in [-0.25, -0.2) is 14.9 Å². The van der Waals surface area contributed by atoms with Gasteiger partial charge in [0.1, 0.15) is 16.9 Å². The van der Waals surface area contributed by atoms with Gasteiger partial charge in [0.15, 0.2) is 0 Å². The zero-order valence-electron chi connectivity index (χ0n) is 19.2. The van der Waals surface area contributed by atoms with E-state index in [1.165, 1.54) is 5.56 Å². The smallest absolute Gasteiger partial charge is 0.336 e. The molecule has 0 unspecified atom stereocenters. The number of aromatic carboxylic acids is 1. The molecule has 0 saturated heterocycles. The molecule has 0 spiro atoms. The second kappa shape index (κ2) is 9.38. The van der Waals surface area contributed by atoms with E-state index in [1.54, 1.807) is 18.2 Å². The van der Waals surface area contributed by atoms with E-state index in [0.717, 1.165) is 29.1 Å². The molecule has 35 heavy (non-hydrogen) atoms. The van der Waals surface area contributed by atoms with Gasteiger partial charge >= 0.3 is 5.97 Å². The fourth-order valence-electron chi connectivity index (χ4n) is 4.39. The third-order valence-electron chi connectivity index (χ3n) is 6.20. The van der Waals surface area contributed by atoms with Crippen molar-refractivity contribution in [3.05, 3.63) is 117 Å². The summed E-state index contributed by atoms with van der Waals surface area (Å²) in [5.74, 6) is -0.221. The summed E-state index contributed by atoms with van der Waals surface area (Å²) in [5, 5.41) is 16.4. The molecule has 7 nitrogen and oxygen atoms in total. The van der Waals surface area contributed by atoms with E-state index < -0.39 is 5.97 Å². The summed E-state index contributed by atoms with van der Waals surface area (Å²) < 4.78 is 1.90. The van der Waals surface area contributed by atoms with Crippen molar-refractivity contribution in [1.29, 1.82) is 0 Å². The zero-order chi connectivity index (χ0) is 24.4. The number of H-pyrrole nitrogens is 1. The molecule has 0 atom stereocenters. The Bertz CT molecular complexity index is 1570. The number of aryl methyl sites for hydroxylation is 3. The number of benzene rings is 3. The van der Waals surface area contributed by atoms with Crippen molar-refractivity contribution in [1.82, 2.24) is 19.7 Å². The van der Waals surface area contributed by atoms with Crippen molar-refractivity contribution in [2.45, 2.75) is 26.3 Å². The molecule has 0 aliphatic rings. The van der Waals surface area contributed by atoms with Crippen LogP contribution in [0.2, 0.25) is 0 Å². The van der Waals surface area contributed by atoms with Crippen LogP contribution in [0.1, 0.15) is 33.0 Å². The van der Waals surface area contributed by atoms with Crippen LogP contribution in [0.25, 0.3) is 22.2 Å². The quantitative estimate of drug-likeness (QED) is 0.366. The Balaban J connectivity index is 1.44. The van der Waals surface area contributed by atoms with Crippen LogP contribution in [0.4, 0.5) is 0 Å². The molecule has 0 fully saturated rings. The largest absolute Gasteiger partial charge is 0.478 e. The van der Waals surface area contributed by atoms with Gasteiger partial charge in [-0.3, -0.25) is 4.79 Å². The van der Waals surface area contributed by atoms with Crippen LogP contribution in [0.5, 0.6) is 0 Å². The van der Waals surface area contributed by atoms with Crippen molar-refractivity contribution < 1.29 is 9.90 Å². The van der Waals surface area contributed by atoms with Gasteiger partial charge in [-0.2, -0.15) is 5.10 Å². The molecule has 5 aromatic rings. The number of rotatable bonds is 7. The Kier molecular flexibility index (Phi) is 5.97. The van der Waals surface area contributed by atoms with Crippen LogP contribution in [0.15, 0.2) is 83.7 Å². The number of carboxylic acid groups (broad SMARTS) is 1. The van der Waals surface area contributed by atoms with Gasteiger partial charge in [0.05, 0.1) is 11.3 Å². The number of fused-ring (bicyclic) bond motifs is 1. The molecule has 0 bridgehead atoms. The third-order valence-corrected chi connectivity index (χ3v) is 6.20. The van der Waals surface area contributed by atoms with Crippen molar-refractivity contribution in [2.75, 3.05) is 0 Å². The average molecular weight is 465 g/mol. The molecule has 0 aliphatic heterocycles. The van der Waals surface area contributed by atoms with Crippen LogP contribution in [-0.2, 0) is 19.4 Å². The third kappa shape index (κ3) is 4.48. The first-order valence-corrected chi connectivity index (χ1v) is 11.4. The second-order valence-electron chi connectivity index (χ2n) is 8.48. The van der Waals surface area contributed by atoms with Gasteiger partial charge in [-0.15, -0.1) is 0 Å². The lowest BCUT2D eigenvalue weighted by Crippen LogP contribution is -2.15. The second-order valence-corrected chi connectivity index (χ2v) is 8.48. The maximum Gasteiger partial charge on any atom is 0.336 e. The number of aromatic amines is 1. The van der Waals surface area contributed by atoms with Crippen LogP contribution >= 0.6 is 0 Å². The van der Waals surface area contributed by atoms with E-state index in [4.69, 9.17) is 4.98 Å². The normalized spacial score (nSPS) is 11.1. The van der Waals surface area contributed by atoms with E-state index in [-0.39, 0.29) is 11.1 Å². The Hall–Kier alpha value is -4.52. The standard InChI is InChI=1S/C28H24N4O3/c1-18-29-25-24(16-13-19-7-3-2-4-8-19)30-31-27(33)26(25)32(18)17-20-11-14-21(15-12-20)22-9-5-6-10-23(22)28(34)35/h2-12,14-15H,13,16-17H2,1H3,(H,31,33)(H,34,35). The molecule has 0 amide bonds. The highest BCUT2D eigenvalue weighted by Gasteiger charge is 2.17. The highest BCUT2D eigenvalue weighted by molar-refractivity contribution is 5.96. The molecule has 2 N–H and O–H groups in total. The number of carbonyl (C=O) groups is 1. The van der Waals surface area contributed by atoms with Crippen LogP contribution in [-0.4, -0.2) is 30.8 Å². The van der Waals surface area contributed by atoms with Crippen LogP contribution < -0.4 is 5.56 Å². The average Bonchev–Trinajstić information content (AvgIpc) is 3.21. The number of hydrogen-bond donors (Lipinski definition) is 2. The van der Waals surface area contributed by atoms with Crippen LogP contribution in [0, 0.1) is 6.92 Å². The van der Waals surface area contributed by atoms with Gasteiger partial charge in [0.2, 0.25) is 0 Å². The van der Waals surface area contributed by atoms with E-state index in [1.807, 2.05) is 60.0 Å².